The number of nitrogens with zero attached hydrogens (tertiary/aromatic N) is 1. The summed E-state index contributed by atoms with van der Waals surface area (Å²) < 4.78 is 5.50. The van der Waals surface area contributed by atoms with Crippen molar-refractivity contribution in [2.75, 3.05) is 32.7 Å². The zero-order chi connectivity index (χ0) is 15.3. The van der Waals surface area contributed by atoms with E-state index in [-0.39, 0.29) is 12.1 Å². The number of carbonyl (C=O) groups excluding carboxylic acids is 1. The van der Waals surface area contributed by atoms with Gasteiger partial charge < -0.3 is 20.3 Å². The number of hydrogen-bond donors (Lipinski definition) is 2. The number of nitrogens with one attached hydrogen (secondary N) is 2. The Balaban J connectivity index is 1.72. The van der Waals surface area contributed by atoms with Gasteiger partial charge in [-0.05, 0) is 72.0 Å². The third-order valence-electron chi connectivity index (χ3n) is 4.22. The summed E-state index contributed by atoms with van der Waals surface area (Å²) in [5, 5.41) is 7.00. The Kier molecular flexibility index (Phi) is 5.88. The minimum absolute atomic E-state index is 0.161. The number of amides is 1. The first-order valence-electron chi connectivity index (χ1n) is 8.37. The highest BCUT2D eigenvalue weighted by Crippen LogP contribution is 2.20. The minimum atomic E-state index is -0.411. The van der Waals surface area contributed by atoms with E-state index in [0.717, 1.165) is 51.5 Å². The molecule has 0 spiro atoms. The lowest BCUT2D eigenvalue weighted by Gasteiger charge is -2.29. The molecule has 2 aliphatic heterocycles. The summed E-state index contributed by atoms with van der Waals surface area (Å²) >= 11 is 0. The summed E-state index contributed by atoms with van der Waals surface area (Å²) in [7, 11) is 0. The normalized spacial score (nSPS) is 26.9. The summed E-state index contributed by atoms with van der Waals surface area (Å²) in [4.78, 5) is 14.1. The second kappa shape index (κ2) is 7.45. The minimum Gasteiger partial charge on any atom is -0.444 e. The van der Waals surface area contributed by atoms with Gasteiger partial charge in [-0.25, -0.2) is 4.79 Å². The smallest absolute Gasteiger partial charge is 0.410 e. The van der Waals surface area contributed by atoms with Crippen LogP contribution in [-0.4, -0.2) is 55.4 Å². The molecule has 1 amide bonds. The molecule has 122 valence electrons. The van der Waals surface area contributed by atoms with Gasteiger partial charge in [-0.1, -0.05) is 0 Å². The average Bonchev–Trinajstić information content (AvgIpc) is 2.86. The van der Waals surface area contributed by atoms with Crippen molar-refractivity contribution in [1.29, 1.82) is 0 Å². The molecular weight excluding hydrogens is 266 g/mol. The van der Waals surface area contributed by atoms with Gasteiger partial charge in [0.1, 0.15) is 5.60 Å². The number of piperidine rings is 1. The van der Waals surface area contributed by atoms with E-state index in [0.29, 0.717) is 0 Å². The first kappa shape index (κ1) is 16.6. The van der Waals surface area contributed by atoms with E-state index in [4.69, 9.17) is 4.74 Å². The molecule has 5 nitrogen and oxygen atoms in total. The Morgan fingerprint density at radius 1 is 1.29 bits per heavy atom. The van der Waals surface area contributed by atoms with Crippen LogP contribution in [0.25, 0.3) is 0 Å². The maximum absolute atomic E-state index is 12.2. The average molecular weight is 297 g/mol. The lowest BCUT2D eigenvalue weighted by atomic mass is 10.00. The first-order valence-corrected chi connectivity index (χ1v) is 8.37. The Hall–Kier alpha value is -0.810. The van der Waals surface area contributed by atoms with Crippen LogP contribution in [0.2, 0.25) is 0 Å². The number of ether oxygens (including phenoxy) is 1. The van der Waals surface area contributed by atoms with Crippen molar-refractivity contribution in [1.82, 2.24) is 15.5 Å². The molecule has 2 N–H and O–H groups in total. The fraction of sp³-hybridized carbons (Fsp3) is 0.938. The quantitative estimate of drug-likeness (QED) is 0.833. The fourth-order valence-corrected chi connectivity index (χ4v) is 3.16. The number of rotatable bonds is 4. The standard InChI is InChI=1S/C16H31N3O2/c1-16(2,3)21-15(20)19-9-5-7-14(19)12-18-11-13-6-4-8-17-10-13/h13-14,17-18H,4-12H2,1-3H3. The predicted octanol–water partition coefficient (Wildman–Crippen LogP) is 1.98. The molecular formula is C16H31N3O2. The topological polar surface area (TPSA) is 53.6 Å². The van der Waals surface area contributed by atoms with Crippen molar-refractivity contribution in [2.24, 2.45) is 5.92 Å². The van der Waals surface area contributed by atoms with E-state index in [9.17, 15) is 4.79 Å². The zero-order valence-corrected chi connectivity index (χ0v) is 13.8. The van der Waals surface area contributed by atoms with Crippen LogP contribution in [-0.2, 0) is 4.74 Å². The van der Waals surface area contributed by atoms with Crippen LogP contribution < -0.4 is 10.6 Å². The number of likely N-dealkylation sites (tertiary alicyclic amines) is 1. The zero-order valence-electron chi connectivity index (χ0n) is 13.8. The molecule has 21 heavy (non-hydrogen) atoms. The van der Waals surface area contributed by atoms with Crippen molar-refractivity contribution < 1.29 is 9.53 Å². The van der Waals surface area contributed by atoms with Crippen LogP contribution in [0.1, 0.15) is 46.5 Å². The highest BCUT2D eigenvalue weighted by Gasteiger charge is 2.31. The molecule has 2 unspecified atom stereocenters. The molecule has 0 saturated carbocycles. The maximum atomic E-state index is 12.2. The van der Waals surface area contributed by atoms with E-state index in [1.807, 2.05) is 25.7 Å². The van der Waals surface area contributed by atoms with Gasteiger partial charge in [0.05, 0.1) is 0 Å². The second-order valence-electron chi connectivity index (χ2n) is 7.34. The van der Waals surface area contributed by atoms with Crippen LogP contribution in [0.4, 0.5) is 4.79 Å². The van der Waals surface area contributed by atoms with Gasteiger partial charge in [0.25, 0.3) is 0 Å². The summed E-state index contributed by atoms with van der Waals surface area (Å²) in [6, 6.07) is 0.288. The van der Waals surface area contributed by atoms with Crippen LogP contribution in [0.15, 0.2) is 0 Å². The number of carbonyl (C=O) groups is 1. The molecule has 2 rings (SSSR count). The largest absolute Gasteiger partial charge is 0.444 e. The van der Waals surface area contributed by atoms with Crippen LogP contribution in [0.3, 0.4) is 0 Å². The molecule has 0 radical (unpaired) electrons. The Bertz CT molecular complexity index is 335. The fourth-order valence-electron chi connectivity index (χ4n) is 3.16. The summed E-state index contributed by atoms with van der Waals surface area (Å²) in [5.74, 6) is 0.732. The first-order chi connectivity index (χ1) is 9.96. The number of hydrogen-bond acceptors (Lipinski definition) is 4. The third-order valence-corrected chi connectivity index (χ3v) is 4.22. The predicted molar refractivity (Wildman–Crippen MR) is 84.4 cm³/mol. The molecule has 0 aromatic rings. The summed E-state index contributed by atoms with van der Waals surface area (Å²) in [6.07, 6.45) is 4.58. The second-order valence-corrected chi connectivity index (χ2v) is 7.34. The van der Waals surface area contributed by atoms with Gasteiger partial charge in [-0.2, -0.15) is 0 Å². The van der Waals surface area contributed by atoms with Gasteiger partial charge in [0.15, 0.2) is 0 Å². The summed E-state index contributed by atoms with van der Waals surface area (Å²) in [5.41, 5.74) is -0.411. The maximum Gasteiger partial charge on any atom is 0.410 e. The van der Waals surface area contributed by atoms with Crippen LogP contribution in [0.5, 0.6) is 0 Å². The SMILES string of the molecule is CC(C)(C)OC(=O)N1CCCC1CNCC1CCCNC1. The molecule has 5 heteroatoms. The Labute approximate surface area is 128 Å². The van der Waals surface area contributed by atoms with Crippen molar-refractivity contribution in [3.8, 4) is 0 Å². The van der Waals surface area contributed by atoms with Crippen LogP contribution in [0, 0.1) is 5.92 Å². The highest BCUT2D eigenvalue weighted by molar-refractivity contribution is 5.69. The molecule has 0 aromatic heterocycles. The highest BCUT2D eigenvalue weighted by atomic mass is 16.6. The van der Waals surface area contributed by atoms with E-state index in [1.54, 1.807) is 0 Å². The molecule has 2 aliphatic rings. The van der Waals surface area contributed by atoms with Gasteiger partial charge in [-0.15, -0.1) is 0 Å². The molecule has 2 heterocycles. The molecule has 0 aliphatic carbocycles. The lowest BCUT2D eigenvalue weighted by molar-refractivity contribution is 0.0226. The summed E-state index contributed by atoms with van der Waals surface area (Å²) in [6.45, 7) is 10.8. The molecule has 2 saturated heterocycles. The van der Waals surface area contributed by atoms with E-state index < -0.39 is 5.60 Å². The lowest BCUT2D eigenvalue weighted by Crippen LogP contribution is -2.45. The van der Waals surface area contributed by atoms with E-state index in [1.165, 1.54) is 12.8 Å². The van der Waals surface area contributed by atoms with Gasteiger partial charge >= 0.3 is 6.09 Å². The van der Waals surface area contributed by atoms with E-state index in [2.05, 4.69) is 10.6 Å². The van der Waals surface area contributed by atoms with Gasteiger partial charge in [-0.3, -0.25) is 0 Å². The Morgan fingerprint density at radius 3 is 2.76 bits per heavy atom. The monoisotopic (exact) mass is 297 g/mol. The molecule has 2 fully saturated rings. The Morgan fingerprint density at radius 2 is 2.10 bits per heavy atom. The van der Waals surface area contributed by atoms with Crippen molar-refractivity contribution in [2.45, 2.75) is 58.1 Å². The van der Waals surface area contributed by atoms with Crippen molar-refractivity contribution in [3.63, 3.8) is 0 Å². The van der Waals surface area contributed by atoms with Crippen molar-refractivity contribution >= 4 is 6.09 Å². The van der Waals surface area contributed by atoms with E-state index >= 15 is 0 Å². The molecule has 2 atom stereocenters. The third kappa shape index (κ3) is 5.47. The van der Waals surface area contributed by atoms with Gasteiger partial charge in [0, 0.05) is 19.1 Å². The van der Waals surface area contributed by atoms with Gasteiger partial charge in [0.2, 0.25) is 0 Å². The van der Waals surface area contributed by atoms with Crippen LogP contribution >= 0.6 is 0 Å². The van der Waals surface area contributed by atoms with Crippen molar-refractivity contribution in [3.05, 3.63) is 0 Å². The molecule has 0 bridgehead atoms. The molecule has 0 aromatic carbocycles.